The third-order valence-corrected chi connectivity index (χ3v) is 4.51. The van der Waals surface area contributed by atoms with Gasteiger partial charge in [0.2, 0.25) is 0 Å². The van der Waals surface area contributed by atoms with Crippen LogP contribution in [-0.2, 0) is 0 Å². The summed E-state index contributed by atoms with van der Waals surface area (Å²) in [5.41, 5.74) is 2.92. The Morgan fingerprint density at radius 2 is 1.85 bits per heavy atom. The SMILES string of the molecule is Cc1cccc(N2CCN(c3cnc(C(=O)NCC(C)C)cn3)CC2)c1. The monoisotopic (exact) mass is 353 g/mol. The first kappa shape index (κ1) is 18.2. The number of nitrogens with zero attached hydrogens (tertiary/aromatic N) is 4. The highest BCUT2D eigenvalue weighted by Gasteiger charge is 2.19. The Bertz CT molecular complexity index is 736. The summed E-state index contributed by atoms with van der Waals surface area (Å²) in [6.07, 6.45) is 3.27. The molecule has 1 amide bonds. The highest BCUT2D eigenvalue weighted by atomic mass is 16.1. The molecule has 6 nitrogen and oxygen atoms in total. The number of nitrogens with one attached hydrogen (secondary N) is 1. The fourth-order valence-electron chi connectivity index (χ4n) is 3.01. The Balaban J connectivity index is 1.57. The van der Waals surface area contributed by atoms with Gasteiger partial charge in [0.15, 0.2) is 0 Å². The number of aromatic nitrogens is 2. The molecule has 26 heavy (non-hydrogen) atoms. The molecule has 1 aliphatic heterocycles. The Morgan fingerprint density at radius 3 is 2.46 bits per heavy atom. The molecule has 0 unspecified atom stereocenters. The molecule has 1 N–H and O–H groups in total. The van der Waals surface area contributed by atoms with Crippen molar-refractivity contribution in [2.45, 2.75) is 20.8 Å². The van der Waals surface area contributed by atoms with Crippen molar-refractivity contribution in [2.24, 2.45) is 5.92 Å². The van der Waals surface area contributed by atoms with E-state index < -0.39 is 0 Å². The molecule has 138 valence electrons. The summed E-state index contributed by atoms with van der Waals surface area (Å²) in [6.45, 7) is 10.6. The minimum absolute atomic E-state index is 0.165. The van der Waals surface area contributed by atoms with Crippen LogP contribution in [-0.4, -0.2) is 48.6 Å². The summed E-state index contributed by atoms with van der Waals surface area (Å²) in [5, 5.41) is 2.86. The topological polar surface area (TPSA) is 61.4 Å². The molecule has 0 radical (unpaired) electrons. The molecule has 0 atom stereocenters. The molecule has 3 rings (SSSR count). The van der Waals surface area contributed by atoms with Crippen LogP contribution in [0.4, 0.5) is 11.5 Å². The molecule has 6 heteroatoms. The van der Waals surface area contributed by atoms with Crippen molar-refractivity contribution in [3.63, 3.8) is 0 Å². The van der Waals surface area contributed by atoms with Gasteiger partial charge in [-0.25, -0.2) is 9.97 Å². The standard InChI is InChI=1S/C20H27N5O/c1-15(2)12-23-20(26)18-13-22-19(14-21-18)25-9-7-24(8-10-25)17-6-4-5-16(3)11-17/h4-6,11,13-15H,7-10,12H2,1-3H3,(H,23,26). The third kappa shape index (κ3) is 4.50. The minimum atomic E-state index is -0.165. The van der Waals surface area contributed by atoms with Crippen LogP contribution in [0.3, 0.4) is 0 Å². The lowest BCUT2D eigenvalue weighted by Gasteiger charge is -2.36. The predicted octanol–water partition coefficient (Wildman–Crippen LogP) is 2.50. The second kappa shape index (κ2) is 8.17. The number of rotatable bonds is 5. The predicted molar refractivity (Wildman–Crippen MR) is 105 cm³/mol. The zero-order valence-corrected chi connectivity index (χ0v) is 15.8. The lowest BCUT2D eigenvalue weighted by Crippen LogP contribution is -2.47. The first-order chi connectivity index (χ1) is 12.5. The smallest absolute Gasteiger partial charge is 0.271 e. The third-order valence-electron chi connectivity index (χ3n) is 4.51. The van der Waals surface area contributed by atoms with E-state index in [-0.39, 0.29) is 5.91 Å². The molecule has 1 aromatic carbocycles. The van der Waals surface area contributed by atoms with E-state index in [4.69, 9.17) is 0 Å². The number of piperazine rings is 1. The van der Waals surface area contributed by atoms with Gasteiger partial charge in [0.05, 0.1) is 12.4 Å². The fraction of sp³-hybridized carbons (Fsp3) is 0.450. The van der Waals surface area contributed by atoms with E-state index in [2.05, 4.69) is 70.1 Å². The second-order valence-corrected chi connectivity index (χ2v) is 7.18. The van der Waals surface area contributed by atoms with Crippen LogP contribution < -0.4 is 15.1 Å². The number of hydrogen-bond donors (Lipinski definition) is 1. The van der Waals surface area contributed by atoms with E-state index in [0.717, 1.165) is 32.0 Å². The molecule has 1 saturated heterocycles. The highest BCUT2D eigenvalue weighted by molar-refractivity contribution is 5.92. The average molecular weight is 353 g/mol. The molecule has 0 saturated carbocycles. The van der Waals surface area contributed by atoms with Gasteiger partial charge in [0.25, 0.3) is 5.91 Å². The van der Waals surface area contributed by atoms with Gasteiger partial charge in [0, 0.05) is 38.4 Å². The lowest BCUT2D eigenvalue weighted by molar-refractivity contribution is 0.0943. The number of benzene rings is 1. The summed E-state index contributed by atoms with van der Waals surface area (Å²) < 4.78 is 0. The van der Waals surface area contributed by atoms with Crippen LogP contribution in [0, 0.1) is 12.8 Å². The van der Waals surface area contributed by atoms with Gasteiger partial charge in [-0.2, -0.15) is 0 Å². The Hall–Kier alpha value is -2.63. The molecule has 2 heterocycles. The van der Waals surface area contributed by atoms with Gasteiger partial charge in [-0.05, 0) is 30.5 Å². The van der Waals surface area contributed by atoms with Crippen molar-refractivity contribution in [3.8, 4) is 0 Å². The van der Waals surface area contributed by atoms with Gasteiger partial charge >= 0.3 is 0 Å². The quantitative estimate of drug-likeness (QED) is 0.895. The van der Waals surface area contributed by atoms with E-state index in [1.54, 1.807) is 12.4 Å². The number of hydrogen-bond acceptors (Lipinski definition) is 5. The molecule has 1 aromatic heterocycles. The zero-order chi connectivity index (χ0) is 18.5. The molecular weight excluding hydrogens is 326 g/mol. The summed E-state index contributed by atoms with van der Waals surface area (Å²) in [4.78, 5) is 25.4. The van der Waals surface area contributed by atoms with Gasteiger partial charge in [0.1, 0.15) is 11.5 Å². The summed E-state index contributed by atoms with van der Waals surface area (Å²) in [7, 11) is 0. The summed E-state index contributed by atoms with van der Waals surface area (Å²) >= 11 is 0. The molecule has 0 bridgehead atoms. The molecule has 1 fully saturated rings. The van der Waals surface area contributed by atoms with E-state index >= 15 is 0 Å². The van der Waals surface area contributed by atoms with Crippen LogP contribution in [0.5, 0.6) is 0 Å². The molecule has 1 aliphatic rings. The van der Waals surface area contributed by atoms with Crippen molar-refractivity contribution in [3.05, 3.63) is 47.9 Å². The Kier molecular flexibility index (Phi) is 5.71. The number of carbonyl (C=O) groups excluding carboxylic acids is 1. The molecule has 2 aromatic rings. The van der Waals surface area contributed by atoms with Crippen LogP contribution in [0.2, 0.25) is 0 Å². The number of aryl methyl sites for hydroxylation is 1. The van der Waals surface area contributed by atoms with Crippen LogP contribution in [0.1, 0.15) is 29.9 Å². The maximum absolute atomic E-state index is 12.0. The first-order valence-corrected chi connectivity index (χ1v) is 9.20. The van der Waals surface area contributed by atoms with E-state index in [0.29, 0.717) is 18.2 Å². The van der Waals surface area contributed by atoms with Gasteiger partial charge in [-0.3, -0.25) is 4.79 Å². The normalized spacial score (nSPS) is 14.6. The summed E-state index contributed by atoms with van der Waals surface area (Å²) in [5.74, 6) is 1.08. The maximum atomic E-state index is 12.0. The van der Waals surface area contributed by atoms with Gasteiger partial charge < -0.3 is 15.1 Å². The zero-order valence-electron chi connectivity index (χ0n) is 15.8. The first-order valence-electron chi connectivity index (χ1n) is 9.20. The number of anilines is 2. The molecule has 0 spiro atoms. The van der Waals surface area contributed by atoms with Crippen LogP contribution >= 0.6 is 0 Å². The maximum Gasteiger partial charge on any atom is 0.271 e. The van der Waals surface area contributed by atoms with E-state index in [1.165, 1.54) is 11.3 Å². The lowest BCUT2D eigenvalue weighted by atomic mass is 10.2. The molecular formula is C20H27N5O. The van der Waals surface area contributed by atoms with Gasteiger partial charge in [-0.15, -0.1) is 0 Å². The Morgan fingerprint density at radius 1 is 1.12 bits per heavy atom. The van der Waals surface area contributed by atoms with Crippen molar-refractivity contribution in [2.75, 3.05) is 42.5 Å². The van der Waals surface area contributed by atoms with E-state index in [1.807, 2.05) is 0 Å². The van der Waals surface area contributed by atoms with Crippen molar-refractivity contribution in [1.82, 2.24) is 15.3 Å². The fourth-order valence-corrected chi connectivity index (χ4v) is 3.01. The highest BCUT2D eigenvalue weighted by Crippen LogP contribution is 2.19. The largest absolute Gasteiger partial charge is 0.368 e. The second-order valence-electron chi connectivity index (χ2n) is 7.18. The number of amides is 1. The van der Waals surface area contributed by atoms with Gasteiger partial charge in [-0.1, -0.05) is 26.0 Å². The summed E-state index contributed by atoms with van der Waals surface area (Å²) in [6, 6.07) is 8.60. The Labute approximate surface area is 155 Å². The van der Waals surface area contributed by atoms with Crippen LogP contribution in [0.25, 0.3) is 0 Å². The molecule has 0 aliphatic carbocycles. The van der Waals surface area contributed by atoms with Crippen molar-refractivity contribution >= 4 is 17.4 Å². The average Bonchev–Trinajstić information content (AvgIpc) is 2.66. The van der Waals surface area contributed by atoms with Crippen LogP contribution in [0.15, 0.2) is 36.7 Å². The minimum Gasteiger partial charge on any atom is -0.368 e. The van der Waals surface area contributed by atoms with Crippen molar-refractivity contribution < 1.29 is 4.79 Å². The van der Waals surface area contributed by atoms with E-state index in [9.17, 15) is 4.79 Å². The number of carbonyl (C=O) groups is 1. The van der Waals surface area contributed by atoms with Crippen molar-refractivity contribution in [1.29, 1.82) is 0 Å².